The molecule has 31 heavy (non-hydrogen) atoms. The Morgan fingerprint density at radius 1 is 1.00 bits per heavy atom. The van der Waals surface area contributed by atoms with E-state index < -0.39 is 0 Å². The molecular weight excluding hydrogens is 384 g/mol. The molecule has 0 aromatic carbocycles. The lowest BCUT2D eigenvalue weighted by molar-refractivity contribution is 0.668. The van der Waals surface area contributed by atoms with Crippen molar-refractivity contribution in [2.75, 3.05) is 26.0 Å². The molecule has 6 nitrogen and oxygen atoms in total. The van der Waals surface area contributed by atoms with E-state index in [0.717, 1.165) is 35.0 Å². The predicted octanol–water partition coefficient (Wildman–Crippen LogP) is 4.14. The summed E-state index contributed by atoms with van der Waals surface area (Å²) in [5.74, 6) is 0.947. The number of aryl methyl sites for hydroxylation is 2. The second-order valence-corrected chi connectivity index (χ2v) is 7.98. The Bertz CT molecular complexity index is 1110. The molecule has 1 N–H and O–H groups in total. The summed E-state index contributed by atoms with van der Waals surface area (Å²) >= 11 is 0. The first-order chi connectivity index (χ1) is 15.2. The Balaban J connectivity index is 0.000000192. The van der Waals surface area contributed by atoms with Crippen LogP contribution >= 0.6 is 0 Å². The van der Waals surface area contributed by atoms with Gasteiger partial charge in [0.25, 0.3) is 0 Å². The van der Waals surface area contributed by atoms with E-state index in [9.17, 15) is 0 Å². The molecule has 0 amide bonds. The molecule has 0 bridgehead atoms. The molecule has 4 aromatic heterocycles. The largest absolute Gasteiger partial charge is 0.363 e. The number of nitrogens with one attached hydrogen (secondary N) is 1. The van der Waals surface area contributed by atoms with Crippen molar-refractivity contribution in [1.29, 1.82) is 0 Å². The molecule has 0 atom stereocenters. The van der Waals surface area contributed by atoms with Crippen molar-refractivity contribution in [3.05, 3.63) is 78.0 Å². The Morgan fingerprint density at radius 3 is 2.61 bits per heavy atom. The Morgan fingerprint density at radius 2 is 1.87 bits per heavy atom. The molecule has 6 heteroatoms. The number of pyridine rings is 3. The van der Waals surface area contributed by atoms with Crippen LogP contribution in [0.4, 0.5) is 5.82 Å². The second kappa shape index (κ2) is 9.71. The first-order valence-electron chi connectivity index (χ1n) is 10.8. The van der Waals surface area contributed by atoms with Crippen molar-refractivity contribution in [3.8, 4) is 11.3 Å². The summed E-state index contributed by atoms with van der Waals surface area (Å²) in [6.07, 6.45) is 10.9. The molecule has 1 aliphatic rings. The number of nitrogens with zero attached hydrogens (tertiary/aromatic N) is 5. The zero-order valence-corrected chi connectivity index (χ0v) is 18.5. The Hall–Kier alpha value is -3.25. The van der Waals surface area contributed by atoms with Crippen molar-refractivity contribution in [2.45, 2.75) is 32.2 Å². The number of anilines is 1. The standard InChI is InChI=1S/C16H19N5.C9H11N/c1-17-11-13-16(21-9-5-4-6-15(21)19-13)12-7-8-14(18-10-12)20(2)3;1-2-6-9-8(4-1)5-3-7-10-9/h4-10,17H,11H2,1-3H3;3,5,7H,1-2,4,6H2. The highest BCUT2D eigenvalue weighted by Gasteiger charge is 2.13. The van der Waals surface area contributed by atoms with E-state index in [-0.39, 0.29) is 0 Å². The van der Waals surface area contributed by atoms with Gasteiger partial charge in [0.15, 0.2) is 0 Å². The summed E-state index contributed by atoms with van der Waals surface area (Å²) in [4.78, 5) is 15.5. The van der Waals surface area contributed by atoms with Crippen LogP contribution in [-0.2, 0) is 19.4 Å². The van der Waals surface area contributed by atoms with Gasteiger partial charge in [0.1, 0.15) is 11.5 Å². The van der Waals surface area contributed by atoms with E-state index in [0.29, 0.717) is 0 Å². The number of aromatic nitrogens is 4. The van der Waals surface area contributed by atoms with Gasteiger partial charge in [0, 0.05) is 50.5 Å². The molecule has 0 unspecified atom stereocenters. The molecule has 0 spiro atoms. The lowest BCUT2D eigenvalue weighted by Crippen LogP contribution is -2.10. The third-order valence-corrected chi connectivity index (χ3v) is 5.52. The monoisotopic (exact) mass is 414 g/mol. The highest BCUT2D eigenvalue weighted by molar-refractivity contribution is 5.67. The maximum atomic E-state index is 4.70. The van der Waals surface area contributed by atoms with Crippen LogP contribution in [0.2, 0.25) is 0 Å². The van der Waals surface area contributed by atoms with Gasteiger partial charge in [-0.05, 0) is 68.6 Å². The van der Waals surface area contributed by atoms with Crippen molar-refractivity contribution in [1.82, 2.24) is 24.7 Å². The number of fused-ring (bicyclic) bond motifs is 2. The third kappa shape index (κ3) is 4.75. The minimum Gasteiger partial charge on any atom is -0.363 e. The van der Waals surface area contributed by atoms with E-state index in [2.05, 4.69) is 31.8 Å². The molecule has 4 aromatic rings. The molecule has 4 heterocycles. The van der Waals surface area contributed by atoms with Gasteiger partial charge in [-0.3, -0.25) is 9.38 Å². The summed E-state index contributed by atoms with van der Waals surface area (Å²) in [5, 5.41) is 3.18. The normalized spacial score (nSPS) is 12.7. The maximum absolute atomic E-state index is 4.70. The van der Waals surface area contributed by atoms with Gasteiger partial charge in [0.2, 0.25) is 0 Å². The molecule has 0 radical (unpaired) electrons. The van der Waals surface area contributed by atoms with Crippen molar-refractivity contribution in [2.24, 2.45) is 0 Å². The zero-order chi connectivity index (χ0) is 21.6. The van der Waals surface area contributed by atoms with Crippen molar-refractivity contribution in [3.63, 3.8) is 0 Å². The van der Waals surface area contributed by atoms with Gasteiger partial charge in [-0.15, -0.1) is 0 Å². The summed E-state index contributed by atoms with van der Waals surface area (Å²) in [7, 11) is 5.91. The van der Waals surface area contributed by atoms with E-state index in [1.165, 1.54) is 36.9 Å². The van der Waals surface area contributed by atoms with E-state index in [1.807, 2.05) is 75.0 Å². The van der Waals surface area contributed by atoms with Gasteiger partial charge < -0.3 is 10.2 Å². The molecule has 0 aliphatic heterocycles. The smallest absolute Gasteiger partial charge is 0.137 e. The topological polar surface area (TPSA) is 58.4 Å². The second-order valence-electron chi connectivity index (χ2n) is 7.98. The fourth-order valence-electron chi connectivity index (χ4n) is 3.96. The summed E-state index contributed by atoms with van der Waals surface area (Å²) < 4.78 is 2.11. The first kappa shape index (κ1) is 21.0. The van der Waals surface area contributed by atoms with E-state index in [1.54, 1.807) is 0 Å². The van der Waals surface area contributed by atoms with Crippen LogP contribution in [0, 0.1) is 0 Å². The molecular formula is C25H30N6. The van der Waals surface area contributed by atoms with Gasteiger partial charge >= 0.3 is 0 Å². The van der Waals surface area contributed by atoms with Crippen LogP contribution in [0.3, 0.4) is 0 Å². The molecule has 0 saturated carbocycles. The first-order valence-corrected chi connectivity index (χ1v) is 10.8. The third-order valence-electron chi connectivity index (χ3n) is 5.52. The van der Waals surface area contributed by atoms with Crippen LogP contribution in [0.15, 0.2) is 61.1 Å². The van der Waals surface area contributed by atoms with Crippen LogP contribution in [-0.4, -0.2) is 40.5 Å². The summed E-state index contributed by atoms with van der Waals surface area (Å²) in [6.45, 7) is 0.729. The van der Waals surface area contributed by atoms with E-state index >= 15 is 0 Å². The van der Waals surface area contributed by atoms with Gasteiger partial charge in [-0.25, -0.2) is 9.97 Å². The molecule has 160 valence electrons. The Kier molecular flexibility index (Phi) is 6.57. The molecule has 0 fully saturated rings. The fourth-order valence-corrected chi connectivity index (χ4v) is 3.96. The molecule has 1 aliphatic carbocycles. The number of rotatable bonds is 4. The van der Waals surface area contributed by atoms with Crippen LogP contribution in [0.5, 0.6) is 0 Å². The minimum atomic E-state index is 0.729. The molecule has 0 saturated heterocycles. The van der Waals surface area contributed by atoms with Crippen LogP contribution in [0.25, 0.3) is 16.9 Å². The van der Waals surface area contributed by atoms with Crippen molar-refractivity contribution < 1.29 is 0 Å². The molecule has 5 rings (SSSR count). The zero-order valence-electron chi connectivity index (χ0n) is 18.5. The minimum absolute atomic E-state index is 0.729. The predicted molar refractivity (Wildman–Crippen MR) is 126 cm³/mol. The summed E-state index contributed by atoms with van der Waals surface area (Å²) in [6, 6.07) is 14.4. The Labute approximate surface area is 184 Å². The number of hydrogen-bond acceptors (Lipinski definition) is 5. The lowest BCUT2D eigenvalue weighted by atomic mass is 9.96. The van der Waals surface area contributed by atoms with E-state index in [4.69, 9.17) is 4.98 Å². The van der Waals surface area contributed by atoms with Gasteiger partial charge in [-0.1, -0.05) is 12.1 Å². The van der Waals surface area contributed by atoms with Crippen LogP contribution in [0.1, 0.15) is 29.8 Å². The maximum Gasteiger partial charge on any atom is 0.137 e. The van der Waals surface area contributed by atoms with Gasteiger partial charge in [-0.2, -0.15) is 0 Å². The average molecular weight is 415 g/mol. The average Bonchev–Trinajstić information content (AvgIpc) is 3.18. The number of imidazole rings is 1. The lowest BCUT2D eigenvalue weighted by Gasteiger charge is -2.12. The summed E-state index contributed by atoms with van der Waals surface area (Å²) in [5.41, 5.74) is 6.95. The van der Waals surface area contributed by atoms with Crippen molar-refractivity contribution >= 4 is 11.5 Å². The highest BCUT2D eigenvalue weighted by atomic mass is 15.1. The van der Waals surface area contributed by atoms with Gasteiger partial charge in [0.05, 0.1) is 11.4 Å². The SMILES string of the molecule is CNCc1nc2ccccn2c1-c1ccc(N(C)C)nc1.c1cnc2c(c1)CCCC2. The van der Waals surface area contributed by atoms with Crippen LogP contribution < -0.4 is 10.2 Å². The fraction of sp³-hybridized carbons (Fsp3) is 0.320. The quantitative estimate of drug-likeness (QED) is 0.544. The number of hydrogen-bond donors (Lipinski definition) is 1. The highest BCUT2D eigenvalue weighted by Crippen LogP contribution is 2.26.